The van der Waals surface area contributed by atoms with Crippen LogP contribution in [0.5, 0.6) is 0 Å². The normalized spacial score (nSPS) is 47.6. The van der Waals surface area contributed by atoms with Crippen molar-refractivity contribution in [1.82, 2.24) is 0 Å². The molecule has 0 N–H and O–H groups in total. The first-order chi connectivity index (χ1) is 3.63. The maximum Gasteiger partial charge on any atom is 0.0313 e. The van der Waals surface area contributed by atoms with Crippen molar-refractivity contribution in [3.63, 3.8) is 0 Å². The van der Waals surface area contributed by atoms with Crippen molar-refractivity contribution in [3.8, 4) is 0 Å². The van der Waals surface area contributed by atoms with E-state index >= 15 is 0 Å². The number of hydrogen-bond donors (Lipinski definition) is 0. The highest BCUT2D eigenvalue weighted by molar-refractivity contribution is 6.15. The second-order valence-electron chi connectivity index (χ2n) is 3.21. The monoisotopic (exact) mass is 125 g/mol. The van der Waals surface area contributed by atoms with Gasteiger partial charge in [0.15, 0.2) is 0 Å². The van der Waals surface area contributed by atoms with Crippen LogP contribution < -0.4 is 0 Å². The molecule has 0 aromatic heterocycles. The van der Waals surface area contributed by atoms with E-state index in [4.69, 9.17) is 0 Å². The molecule has 1 saturated carbocycles. The van der Waals surface area contributed by atoms with Gasteiger partial charge < -0.3 is 0 Å². The predicted molar refractivity (Wildman–Crippen MR) is 37.1 cm³/mol. The molecule has 0 spiro atoms. The first-order valence-corrected chi connectivity index (χ1v) is 3.88. The molecule has 3 radical (unpaired) electrons. The Kier molecular flexibility index (Phi) is 1.48. The van der Waals surface area contributed by atoms with Crippen LogP contribution in [0.1, 0.15) is 33.1 Å². The van der Waals surface area contributed by atoms with Gasteiger partial charge in [-0.3, -0.25) is 0 Å². The molecule has 2 atom stereocenters. The third-order valence-electron chi connectivity index (χ3n) is 2.42. The quantitative estimate of drug-likeness (QED) is 0.435. The Bertz CT molecular complexity index is 86.4. The molecule has 0 heterocycles. The average molecular weight is 125 g/mol. The van der Waals surface area contributed by atoms with Crippen LogP contribution in [-0.4, -0.2) is 10.2 Å². The third kappa shape index (κ3) is 0.969. The van der Waals surface area contributed by atoms with Crippen molar-refractivity contribution >= 4 is 10.2 Å². The molecule has 0 aromatic carbocycles. The Morgan fingerprint density at radius 1 is 1.62 bits per heavy atom. The van der Waals surface area contributed by atoms with Crippen molar-refractivity contribution < 1.29 is 0 Å². The van der Waals surface area contributed by atoms with Crippen molar-refractivity contribution in [2.75, 3.05) is 0 Å². The molecular weight excluding hydrogens is 112 g/mol. The lowest BCUT2D eigenvalue weighted by Gasteiger charge is -2.22. The van der Waals surface area contributed by atoms with Gasteiger partial charge in [0.1, 0.15) is 0 Å². The molecule has 1 aliphatic rings. The van der Waals surface area contributed by atoms with E-state index in [1.165, 1.54) is 19.3 Å². The summed E-state index contributed by atoms with van der Waals surface area (Å²) >= 11 is 0. The summed E-state index contributed by atoms with van der Waals surface area (Å²) in [4.78, 5) is 0. The van der Waals surface area contributed by atoms with Crippen LogP contribution >= 0.6 is 0 Å². The first-order valence-electron chi connectivity index (χ1n) is 3.38. The van der Waals surface area contributed by atoms with Crippen molar-refractivity contribution in [2.45, 2.75) is 38.1 Å². The van der Waals surface area contributed by atoms with Crippen LogP contribution in [0, 0.1) is 5.92 Å². The molecule has 0 aliphatic heterocycles. The van der Waals surface area contributed by atoms with Gasteiger partial charge in [-0.05, 0) is 11.0 Å². The molecular formula is C7H13Si. The molecule has 1 fully saturated rings. The minimum atomic E-state index is 0.458. The van der Waals surface area contributed by atoms with Crippen LogP contribution in [0.2, 0.25) is 5.04 Å². The molecule has 0 amide bonds. The third-order valence-corrected chi connectivity index (χ3v) is 3.16. The van der Waals surface area contributed by atoms with Crippen molar-refractivity contribution in [2.24, 2.45) is 5.92 Å². The van der Waals surface area contributed by atoms with Crippen LogP contribution in [-0.2, 0) is 0 Å². The van der Waals surface area contributed by atoms with Gasteiger partial charge in [0.25, 0.3) is 0 Å². The molecule has 45 valence electrons. The van der Waals surface area contributed by atoms with Crippen LogP contribution in [0.15, 0.2) is 0 Å². The maximum atomic E-state index is 3.76. The fourth-order valence-electron chi connectivity index (χ4n) is 1.34. The van der Waals surface area contributed by atoms with E-state index in [0.29, 0.717) is 5.04 Å². The fourth-order valence-corrected chi connectivity index (χ4v) is 1.66. The minimum Gasteiger partial charge on any atom is -0.0626 e. The summed E-state index contributed by atoms with van der Waals surface area (Å²) in [5, 5.41) is 0.458. The zero-order valence-corrected chi connectivity index (χ0v) is 6.70. The van der Waals surface area contributed by atoms with Crippen LogP contribution in [0.4, 0.5) is 0 Å². The summed E-state index contributed by atoms with van der Waals surface area (Å²) in [5.41, 5.74) is 0. The Morgan fingerprint density at radius 2 is 2.25 bits per heavy atom. The average Bonchev–Trinajstić information content (AvgIpc) is 1.86. The number of hydrogen-bond acceptors (Lipinski definition) is 0. The lowest BCUT2D eigenvalue weighted by atomic mass is 9.99. The topological polar surface area (TPSA) is 0 Å². The fraction of sp³-hybridized carbons (Fsp3) is 1.00. The highest BCUT2D eigenvalue weighted by Crippen LogP contribution is 2.45. The zero-order valence-electron chi connectivity index (χ0n) is 5.70. The van der Waals surface area contributed by atoms with E-state index in [2.05, 4.69) is 24.1 Å². The van der Waals surface area contributed by atoms with Gasteiger partial charge >= 0.3 is 0 Å². The number of rotatable bonds is 0. The summed E-state index contributed by atoms with van der Waals surface area (Å²) < 4.78 is 0. The molecule has 0 saturated heterocycles. The van der Waals surface area contributed by atoms with Gasteiger partial charge in [-0.25, -0.2) is 0 Å². The first kappa shape index (κ1) is 6.34. The summed E-state index contributed by atoms with van der Waals surface area (Å²) in [6.45, 7) is 4.61. The largest absolute Gasteiger partial charge is 0.0626 e. The molecule has 1 rings (SSSR count). The summed E-state index contributed by atoms with van der Waals surface area (Å²) in [6, 6.07) is 0. The van der Waals surface area contributed by atoms with Gasteiger partial charge in [-0.2, -0.15) is 0 Å². The zero-order chi connectivity index (χ0) is 6.20. The second kappa shape index (κ2) is 1.87. The Hall–Kier alpha value is 0.217. The molecule has 0 nitrogen and oxygen atoms in total. The lowest BCUT2D eigenvalue weighted by Crippen LogP contribution is -2.10. The standard InChI is InChI=1S/C7H13Si/c1-6-4-3-5-7(6,2)8/h6H,3-5H2,1-2H3. The van der Waals surface area contributed by atoms with E-state index in [1.807, 2.05) is 0 Å². The SMILES string of the molecule is CC1CCCC1(C)[Si]. The van der Waals surface area contributed by atoms with Crippen molar-refractivity contribution in [1.29, 1.82) is 0 Å². The van der Waals surface area contributed by atoms with Gasteiger partial charge in [0.2, 0.25) is 0 Å². The Balaban J connectivity index is 2.54. The molecule has 1 heteroatoms. The van der Waals surface area contributed by atoms with Crippen molar-refractivity contribution in [3.05, 3.63) is 0 Å². The molecule has 0 aromatic rings. The lowest BCUT2D eigenvalue weighted by molar-refractivity contribution is 0.480. The molecule has 8 heavy (non-hydrogen) atoms. The van der Waals surface area contributed by atoms with Gasteiger partial charge in [0.05, 0.1) is 0 Å². The van der Waals surface area contributed by atoms with E-state index in [-0.39, 0.29) is 0 Å². The molecule has 0 bridgehead atoms. The minimum absolute atomic E-state index is 0.458. The maximum absolute atomic E-state index is 3.76. The highest BCUT2D eigenvalue weighted by Gasteiger charge is 2.30. The van der Waals surface area contributed by atoms with Gasteiger partial charge in [-0.1, -0.05) is 33.1 Å². The van der Waals surface area contributed by atoms with E-state index in [0.717, 1.165) is 5.92 Å². The highest BCUT2D eigenvalue weighted by atomic mass is 28.1. The van der Waals surface area contributed by atoms with Gasteiger partial charge in [-0.15, -0.1) is 0 Å². The van der Waals surface area contributed by atoms with Crippen LogP contribution in [0.3, 0.4) is 0 Å². The molecule has 1 aliphatic carbocycles. The smallest absolute Gasteiger partial charge is 0.0313 e. The molecule has 2 unspecified atom stereocenters. The summed E-state index contributed by atoms with van der Waals surface area (Å²) in [6.07, 6.45) is 4.16. The summed E-state index contributed by atoms with van der Waals surface area (Å²) in [7, 11) is 3.76. The van der Waals surface area contributed by atoms with Gasteiger partial charge in [0, 0.05) is 10.2 Å². The van der Waals surface area contributed by atoms with E-state index in [9.17, 15) is 0 Å². The Labute approximate surface area is 55.1 Å². The second-order valence-corrected chi connectivity index (χ2v) is 4.35. The Morgan fingerprint density at radius 3 is 2.38 bits per heavy atom. The predicted octanol–water partition coefficient (Wildman–Crippen LogP) is 2.15. The van der Waals surface area contributed by atoms with Crippen LogP contribution in [0.25, 0.3) is 0 Å². The van der Waals surface area contributed by atoms with E-state index in [1.54, 1.807) is 0 Å². The summed E-state index contributed by atoms with van der Waals surface area (Å²) in [5.74, 6) is 0.874. The van der Waals surface area contributed by atoms with E-state index < -0.39 is 0 Å².